The molecule has 32 heavy (non-hydrogen) atoms. The van der Waals surface area contributed by atoms with Crippen LogP contribution in [0.2, 0.25) is 0 Å². The molecule has 7 nitrogen and oxygen atoms in total. The van der Waals surface area contributed by atoms with Gasteiger partial charge in [-0.25, -0.2) is 4.79 Å². The second-order valence-corrected chi connectivity index (χ2v) is 8.41. The number of rotatable bonds is 5. The van der Waals surface area contributed by atoms with Gasteiger partial charge >= 0.3 is 6.03 Å². The maximum Gasteiger partial charge on any atom is 0.342 e. The Kier molecular flexibility index (Phi) is 6.25. The van der Waals surface area contributed by atoms with Gasteiger partial charge in [-0.05, 0) is 49.6 Å². The zero-order valence-corrected chi connectivity index (χ0v) is 18.4. The van der Waals surface area contributed by atoms with Gasteiger partial charge in [0.15, 0.2) is 0 Å². The van der Waals surface area contributed by atoms with E-state index in [0.717, 1.165) is 42.5 Å². The highest BCUT2D eigenvalue weighted by molar-refractivity contribution is 5.90. The first-order chi connectivity index (χ1) is 15.4. The van der Waals surface area contributed by atoms with E-state index in [1.807, 2.05) is 37.3 Å². The third-order valence-electron chi connectivity index (χ3n) is 5.82. The maximum absolute atomic E-state index is 13.1. The quantitative estimate of drug-likeness (QED) is 0.498. The van der Waals surface area contributed by atoms with Crippen LogP contribution >= 0.6 is 0 Å². The molecular formula is C25H28N4O3. The van der Waals surface area contributed by atoms with Gasteiger partial charge in [-0.3, -0.25) is 4.79 Å². The number of nitrogens with one attached hydrogen (secondary N) is 2. The summed E-state index contributed by atoms with van der Waals surface area (Å²) in [5, 5.41) is 20.7. The van der Waals surface area contributed by atoms with Crippen molar-refractivity contribution in [2.24, 2.45) is 0 Å². The van der Waals surface area contributed by atoms with Gasteiger partial charge in [0.2, 0.25) is 5.91 Å². The van der Waals surface area contributed by atoms with Crippen LogP contribution in [-0.4, -0.2) is 26.8 Å². The second kappa shape index (κ2) is 9.26. The maximum atomic E-state index is 13.1. The lowest BCUT2D eigenvalue weighted by Gasteiger charge is -2.12. The molecule has 0 aliphatic heterocycles. The van der Waals surface area contributed by atoms with Gasteiger partial charge in [0.1, 0.15) is 5.75 Å². The summed E-state index contributed by atoms with van der Waals surface area (Å²) < 4.78 is 1.44. The molecule has 1 saturated carbocycles. The summed E-state index contributed by atoms with van der Waals surface area (Å²) in [4.78, 5) is 24.5. The van der Waals surface area contributed by atoms with E-state index in [2.05, 4.69) is 15.7 Å². The van der Waals surface area contributed by atoms with E-state index >= 15 is 0 Å². The van der Waals surface area contributed by atoms with Crippen LogP contribution in [0.15, 0.2) is 48.5 Å². The van der Waals surface area contributed by atoms with Crippen LogP contribution in [0.25, 0.3) is 11.3 Å². The van der Waals surface area contributed by atoms with E-state index in [0.29, 0.717) is 23.5 Å². The number of aromatic hydroxyl groups is 1. The molecule has 1 aromatic heterocycles. The SMILES string of the molecule is CC(=O)Nc1ccc(O)c(-c2cc(C3CCCC3)n(C(=O)NCc3cccc(C)c3)n2)c1. The molecule has 2 aromatic carbocycles. The first-order valence-electron chi connectivity index (χ1n) is 11.0. The largest absolute Gasteiger partial charge is 0.507 e. The van der Waals surface area contributed by atoms with Gasteiger partial charge in [0, 0.05) is 30.6 Å². The van der Waals surface area contributed by atoms with E-state index in [1.165, 1.54) is 17.7 Å². The lowest BCUT2D eigenvalue weighted by atomic mass is 10.0. The normalized spacial score (nSPS) is 13.8. The molecule has 0 spiro atoms. The van der Waals surface area contributed by atoms with E-state index in [-0.39, 0.29) is 23.6 Å². The van der Waals surface area contributed by atoms with Gasteiger partial charge in [-0.15, -0.1) is 0 Å². The number of hydrogen-bond donors (Lipinski definition) is 3. The molecule has 3 aromatic rings. The van der Waals surface area contributed by atoms with Crippen molar-refractivity contribution in [2.45, 2.75) is 52.0 Å². The average molecular weight is 433 g/mol. The molecule has 7 heteroatoms. The predicted octanol–water partition coefficient (Wildman–Crippen LogP) is 4.94. The highest BCUT2D eigenvalue weighted by Crippen LogP contribution is 2.38. The number of anilines is 1. The van der Waals surface area contributed by atoms with Crippen molar-refractivity contribution >= 4 is 17.6 Å². The molecule has 1 aliphatic rings. The van der Waals surface area contributed by atoms with Gasteiger partial charge < -0.3 is 15.7 Å². The Hall–Kier alpha value is -3.61. The number of benzene rings is 2. The molecule has 1 fully saturated rings. The van der Waals surface area contributed by atoms with Gasteiger partial charge in [-0.2, -0.15) is 9.78 Å². The summed E-state index contributed by atoms with van der Waals surface area (Å²) in [5.41, 5.74) is 4.55. The average Bonchev–Trinajstić information content (AvgIpc) is 3.43. The van der Waals surface area contributed by atoms with Gasteiger partial charge in [0.25, 0.3) is 0 Å². The zero-order valence-electron chi connectivity index (χ0n) is 18.4. The highest BCUT2D eigenvalue weighted by Gasteiger charge is 2.26. The van der Waals surface area contributed by atoms with Crippen molar-refractivity contribution in [3.8, 4) is 17.0 Å². The lowest BCUT2D eigenvalue weighted by Crippen LogP contribution is -2.30. The lowest BCUT2D eigenvalue weighted by molar-refractivity contribution is -0.114. The van der Waals surface area contributed by atoms with E-state index < -0.39 is 0 Å². The number of carbonyl (C=O) groups excluding carboxylic acids is 2. The van der Waals surface area contributed by atoms with Crippen LogP contribution < -0.4 is 10.6 Å². The number of aryl methyl sites for hydroxylation is 1. The van der Waals surface area contributed by atoms with E-state index in [1.54, 1.807) is 12.1 Å². The van der Waals surface area contributed by atoms with Crippen molar-refractivity contribution in [2.75, 3.05) is 5.32 Å². The van der Waals surface area contributed by atoms with Crippen LogP contribution in [-0.2, 0) is 11.3 Å². The zero-order chi connectivity index (χ0) is 22.7. The third-order valence-corrected chi connectivity index (χ3v) is 5.82. The highest BCUT2D eigenvalue weighted by atomic mass is 16.3. The minimum Gasteiger partial charge on any atom is -0.507 e. The minimum atomic E-state index is -0.294. The number of nitrogens with zero attached hydrogens (tertiary/aromatic N) is 2. The smallest absolute Gasteiger partial charge is 0.342 e. The number of carbonyl (C=O) groups is 2. The number of phenolic OH excluding ortho intramolecular Hbond substituents is 1. The fourth-order valence-corrected chi connectivity index (χ4v) is 4.30. The summed E-state index contributed by atoms with van der Waals surface area (Å²) in [7, 11) is 0. The summed E-state index contributed by atoms with van der Waals surface area (Å²) >= 11 is 0. The van der Waals surface area contributed by atoms with Crippen LogP contribution in [0, 0.1) is 6.92 Å². The molecule has 0 radical (unpaired) electrons. The fraction of sp³-hybridized carbons (Fsp3) is 0.320. The molecule has 1 aliphatic carbocycles. The first kappa shape index (κ1) is 21.6. The molecule has 0 bridgehead atoms. The Balaban J connectivity index is 1.65. The summed E-state index contributed by atoms with van der Waals surface area (Å²) in [6, 6.07) is 14.4. The van der Waals surface area contributed by atoms with Crippen LogP contribution in [0.1, 0.15) is 55.3 Å². The monoisotopic (exact) mass is 432 g/mol. The minimum absolute atomic E-state index is 0.0434. The summed E-state index contributed by atoms with van der Waals surface area (Å²) in [5.74, 6) is 0.0953. The van der Waals surface area contributed by atoms with Crippen LogP contribution in [0.4, 0.5) is 10.5 Å². The topological polar surface area (TPSA) is 96.2 Å². The molecule has 3 N–H and O–H groups in total. The Morgan fingerprint density at radius 2 is 1.91 bits per heavy atom. The molecule has 166 valence electrons. The van der Waals surface area contributed by atoms with Gasteiger partial charge in [-0.1, -0.05) is 42.7 Å². The van der Waals surface area contributed by atoms with Crippen molar-refractivity contribution in [1.29, 1.82) is 0 Å². The Morgan fingerprint density at radius 1 is 1.12 bits per heavy atom. The van der Waals surface area contributed by atoms with Crippen LogP contribution in [0.5, 0.6) is 5.75 Å². The first-order valence-corrected chi connectivity index (χ1v) is 11.0. The molecule has 4 rings (SSSR count). The molecule has 0 atom stereocenters. The predicted molar refractivity (Wildman–Crippen MR) is 124 cm³/mol. The third kappa shape index (κ3) is 4.82. The van der Waals surface area contributed by atoms with Crippen molar-refractivity contribution in [1.82, 2.24) is 15.1 Å². The van der Waals surface area contributed by atoms with E-state index in [4.69, 9.17) is 0 Å². The van der Waals surface area contributed by atoms with E-state index in [9.17, 15) is 14.7 Å². The molecule has 0 unspecified atom stereocenters. The van der Waals surface area contributed by atoms with Gasteiger partial charge in [0.05, 0.1) is 11.4 Å². The Labute approximate surface area is 187 Å². The number of phenols is 1. The standard InChI is InChI=1S/C25H28N4O3/c1-16-6-5-7-18(12-16)15-26-25(32)29-23(19-8-3-4-9-19)14-22(28-29)21-13-20(27-17(2)30)10-11-24(21)31/h5-7,10-14,19,31H,3-4,8-9,15H2,1-2H3,(H,26,32)(H,27,30). The number of amides is 2. The van der Waals surface area contributed by atoms with Crippen molar-refractivity contribution < 1.29 is 14.7 Å². The number of hydrogen-bond acceptors (Lipinski definition) is 4. The molecule has 0 saturated heterocycles. The fourth-order valence-electron chi connectivity index (χ4n) is 4.30. The Morgan fingerprint density at radius 3 is 2.62 bits per heavy atom. The molecule has 2 amide bonds. The van der Waals surface area contributed by atoms with Crippen molar-refractivity contribution in [3.63, 3.8) is 0 Å². The Bertz CT molecular complexity index is 1150. The summed E-state index contributed by atoms with van der Waals surface area (Å²) in [6.07, 6.45) is 4.27. The molecule has 1 heterocycles. The number of aromatic nitrogens is 2. The second-order valence-electron chi connectivity index (χ2n) is 8.41. The van der Waals surface area contributed by atoms with Crippen LogP contribution in [0.3, 0.4) is 0 Å². The van der Waals surface area contributed by atoms with Crippen molar-refractivity contribution in [3.05, 3.63) is 65.4 Å². The summed E-state index contributed by atoms with van der Waals surface area (Å²) in [6.45, 7) is 3.85. The molecular weight excluding hydrogens is 404 g/mol.